The Hall–Kier alpha value is -3.48. The molecule has 29 heavy (non-hydrogen) atoms. The van der Waals surface area contributed by atoms with Gasteiger partial charge in [-0.05, 0) is 50.1 Å². The Morgan fingerprint density at radius 2 is 1.69 bits per heavy atom. The minimum absolute atomic E-state index is 0.00515. The molecule has 0 saturated heterocycles. The van der Waals surface area contributed by atoms with Crippen LogP contribution < -0.4 is 11.2 Å². The standard InChI is InChI=1S/C22H21FN4O2/c1-15(2)26-14-24-20-19(26)21(28)25(13-12-16-6-4-3-5-7-16)22(29)27(20)18-10-8-17(23)9-11-18/h3-11,14-15H,12-13H2,1-2H3. The molecule has 7 heteroatoms. The molecule has 148 valence electrons. The Labute approximate surface area is 166 Å². The second-order valence-corrected chi connectivity index (χ2v) is 7.20. The van der Waals surface area contributed by atoms with Crippen molar-refractivity contribution in [3.63, 3.8) is 0 Å². The molecule has 0 atom stereocenters. The highest BCUT2D eigenvalue weighted by molar-refractivity contribution is 5.72. The summed E-state index contributed by atoms with van der Waals surface area (Å²) in [7, 11) is 0. The van der Waals surface area contributed by atoms with Gasteiger partial charge in [0.15, 0.2) is 11.2 Å². The van der Waals surface area contributed by atoms with E-state index in [1.165, 1.54) is 33.4 Å². The van der Waals surface area contributed by atoms with Crippen LogP contribution in [0.1, 0.15) is 25.5 Å². The molecule has 2 aromatic carbocycles. The first-order chi connectivity index (χ1) is 14.0. The second-order valence-electron chi connectivity index (χ2n) is 7.20. The number of nitrogens with zero attached hydrogens (tertiary/aromatic N) is 4. The lowest BCUT2D eigenvalue weighted by molar-refractivity contribution is 0.593. The average Bonchev–Trinajstić information content (AvgIpc) is 3.15. The largest absolute Gasteiger partial charge is 0.337 e. The molecule has 2 aromatic heterocycles. The Kier molecular flexibility index (Phi) is 4.88. The van der Waals surface area contributed by atoms with Crippen molar-refractivity contribution < 1.29 is 4.39 Å². The molecule has 0 aliphatic carbocycles. The van der Waals surface area contributed by atoms with Gasteiger partial charge in [0.2, 0.25) is 0 Å². The molecular formula is C22H21FN4O2. The van der Waals surface area contributed by atoms with E-state index in [1.54, 1.807) is 10.9 Å². The van der Waals surface area contributed by atoms with Crippen molar-refractivity contribution in [1.82, 2.24) is 18.7 Å². The van der Waals surface area contributed by atoms with Gasteiger partial charge in [-0.15, -0.1) is 0 Å². The Bertz CT molecular complexity index is 1270. The quantitative estimate of drug-likeness (QED) is 0.524. The van der Waals surface area contributed by atoms with E-state index in [1.807, 2.05) is 44.2 Å². The van der Waals surface area contributed by atoms with Gasteiger partial charge in [-0.2, -0.15) is 0 Å². The van der Waals surface area contributed by atoms with E-state index in [4.69, 9.17) is 0 Å². The van der Waals surface area contributed by atoms with Crippen LogP contribution in [0.25, 0.3) is 16.9 Å². The van der Waals surface area contributed by atoms with Crippen molar-refractivity contribution in [1.29, 1.82) is 0 Å². The fourth-order valence-corrected chi connectivity index (χ4v) is 3.44. The molecule has 0 aliphatic heterocycles. The molecule has 0 unspecified atom stereocenters. The number of fused-ring (bicyclic) bond motifs is 1. The van der Waals surface area contributed by atoms with Crippen molar-refractivity contribution in [2.75, 3.05) is 0 Å². The van der Waals surface area contributed by atoms with Crippen LogP contribution in [-0.4, -0.2) is 18.7 Å². The predicted octanol–water partition coefficient (Wildman–Crippen LogP) is 3.31. The van der Waals surface area contributed by atoms with E-state index in [-0.39, 0.29) is 23.8 Å². The van der Waals surface area contributed by atoms with Crippen molar-refractivity contribution in [2.24, 2.45) is 0 Å². The van der Waals surface area contributed by atoms with Crippen LogP contribution in [0.15, 0.2) is 70.5 Å². The first kappa shape index (κ1) is 18.9. The number of rotatable bonds is 5. The topological polar surface area (TPSA) is 61.8 Å². The van der Waals surface area contributed by atoms with Crippen molar-refractivity contribution >= 4 is 11.2 Å². The van der Waals surface area contributed by atoms with Gasteiger partial charge >= 0.3 is 5.69 Å². The average molecular weight is 392 g/mol. The van der Waals surface area contributed by atoms with Gasteiger partial charge in [-0.3, -0.25) is 9.36 Å². The van der Waals surface area contributed by atoms with Gasteiger partial charge < -0.3 is 4.57 Å². The fourth-order valence-electron chi connectivity index (χ4n) is 3.44. The number of aromatic nitrogens is 4. The molecule has 6 nitrogen and oxygen atoms in total. The van der Waals surface area contributed by atoms with Crippen LogP contribution in [0.4, 0.5) is 4.39 Å². The van der Waals surface area contributed by atoms with Gasteiger partial charge in [-0.25, -0.2) is 18.7 Å². The van der Waals surface area contributed by atoms with E-state index in [2.05, 4.69) is 4.98 Å². The summed E-state index contributed by atoms with van der Waals surface area (Å²) < 4.78 is 17.8. The lowest BCUT2D eigenvalue weighted by Crippen LogP contribution is -2.40. The summed E-state index contributed by atoms with van der Waals surface area (Å²) in [4.78, 5) is 30.8. The van der Waals surface area contributed by atoms with Crippen LogP contribution in [0, 0.1) is 5.82 Å². The van der Waals surface area contributed by atoms with Crippen LogP contribution >= 0.6 is 0 Å². The van der Waals surface area contributed by atoms with Crippen molar-refractivity contribution in [3.8, 4) is 5.69 Å². The lowest BCUT2D eigenvalue weighted by Gasteiger charge is -2.14. The third-order valence-corrected chi connectivity index (χ3v) is 4.96. The fraction of sp³-hybridized carbons (Fsp3) is 0.227. The molecule has 2 heterocycles. The molecule has 0 aliphatic rings. The number of halogens is 1. The molecular weight excluding hydrogens is 371 g/mol. The summed E-state index contributed by atoms with van der Waals surface area (Å²) in [6.45, 7) is 4.13. The summed E-state index contributed by atoms with van der Waals surface area (Å²) in [5.41, 5.74) is 1.27. The molecule has 0 amide bonds. The molecule has 0 radical (unpaired) electrons. The zero-order valence-corrected chi connectivity index (χ0v) is 16.2. The molecule has 0 bridgehead atoms. The zero-order valence-electron chi connectivity index (χ0n) is 16.2. The van der Waals surface area contributed by atoms with Crippen molar-refractivity contribution in [3.05, 3.63) is 93.1 Å². The normalized spacial score (nSPS) is 11.4. The Morgan fingerprint density at radius 3 is 2.34 bits per heavy atom. The minimum Gasteiger partial charge on any atom is -0.322 e. The summed E-state index contributed by atoms with van der Waals surface area (Å²) in [5, 5.41) is 0. The smallest absolute Gasteiger partial charge is 0.322 e. The predicted molar refractivity (Wildman–Crippen MR) is 110 cm³/mol. The third-order valence-electron chi connectivity index (χ3n) is 4.96. The van der Waals surface area contributed by atoms with E-state index < -0.39 is 11.5 Å². The SMILES string of the molecule is CC(C)n1cnc2c1c(=O)n(CCc1ccccc1)c(=O)n2-c1ccc(F)cc1. The number of aryl methyl sites for hydroxylation is 1. The maximum Gasteiger partial charge on any atom is 0.337 e. The van der Waals surface area contributed by atoms with Crippen LogP contribution in [0.5, 0.6) is 0 Å². The monoisotopic (exact) mass is 392 g/mol. The molecule has 4 aromatic rings. The van der Waals surface area contributed by atoms with E-state index in [0.29, 0.717) is 17.6 Å². The highest BCUT2D eigenvalue weighted by Crippen LogP contribution is 2.17. The molecule has 0 spiro atoms. The Balaban J connectivity index is 1.95. The van der Waals surface area contributed by atoms with Gasteiger partial charge in [-0.1, -0.05) is 30.3 Å². The lowest BCUT2D eigenvalue weighted by atomic mass is 10.1. The number of hydrogen-bond donors (Lipinski definition) is 0. The van der Waals surface area contributed by atoms with E-state index >= 15 is 0 Å². The van der Waals surface area contributed by atoms with Crippen LogP contribution in [-0.2, 0) is 13.0 Å². The van der Waals surface area contributed by atoms with E-state index in [9.17, 15) is 14.0 Å². The molecule has 4 rings (SSSR count). The van der Waals surface area contributed by atoms with Crippen LogP contribution in [0.3, 0.4) is 0 Å². The second kappa shape index (κ2) is 7.50. The third kappa shape index (κ3) is 3.40. The first-order valence-corrected chi connectivity index (χ1v) is 9.49. The highest BCUT2D eigenvalue weighted by atomic mass is 19.1. The summed E-state index contributed by atoms with van der Waals surface area (Å²) in [6, 6.07) is 15.3. The summed E-state index contributed by atoms with van der Waals surface area (Å²) in [5.74, 6) is -0.400. The first-order valence-electron chi connectivity index (χ1n) is 9.49. The number of benzene rings is 2. The van der Waals surface area contributed by atoms with Gasteiger partial charge in [0, 0.05) is 12.6 Å². The zero-order chi connectivity index (χ0) is 20.5. The van der Waals surface area contributed by atoms with Crippen LogP contribution in [0.2, 0.25) is 0 Å². The minimum atomic E-state index is -0.487. The van der Waals surface area contributed by atoms with Gasteiger partial charge in [0.1, 0.15) is 5.82 Å². The van der Waals surface area contributed by atoms with Gasteiger partial charge in [0.05, 0.1) is 12.0 Å². The number of hydrogen-bond acceptors (Lipinski definition) is 3. The highest BCUT2D eigenvalue weighted by Gasteiger charge is 2.20. The van der Waals surface area contributed by atoms with Crippen molar-refractivity contribution in [2.45, 2.75) is 32.9 Å². The summed E-state index contributed by atoms with van der Waals surface area (Å²) >= 11 is 0. The van der Waals surface area contributed by atoms with Gasteiger partial charge in [0.25, 0.3) is 5.56 Å². The molecule has 0 fully saturated rings. The maximum absolute atomic E-state index is 13.4. The maximum atomic E-state index is 13.4. The molecule has 0 N–H and O–H groups in total. The molecule has 0 saturated carbocycles. The Morgan fingerprint density at radius 1 is 1.00 bits per heavy atom. The van der Waals surface area contributed by atoms with E-state index in [0.717, 1.165) is 5.56 Å². The summed E-state index contributed by atoms with van der Waals surface area (Å²) in [6.07, 6.45) is 2.11. The number of imidazole rings is 1.